The standard InChI is InChI=1S/C21H26N4O2/c1-21(2,3)27-20(26)24(4)14-10-12-25(13-14)19-16-9-11-22-18(16)15-7-5-6-8-17(15)23-19/h5-9,11,14,22H,10,12-13H2,1-4H3. The van der Waals surface area contributed by atoms with E-state index in [-0.39, 0.29) is 12.1 Å². The van der Waals surface area contributed by atoms with Gasteiger partial charge in [-0.1, -0.05) is 18.2 Å². The second kappa shape index (κ2) is 6.44. The molecule has 1 N–H and O–H groups in total. The maximum Gasteiger partial charge on any atom is 0.410 e. The number of aromatic amines is 1. The van der Waals surface area contributed by atoms with Crippen molar-refractivity contribution in [1.29, 1.82) is 0 Å². The summed E-state index contributed by atoms with van der Waals surface area (Å²) in [6.07, 6.45) is 2.59. The molecule has 3 aromatic rings. The number of fused-ring (bicyclic) bond motifs is 3. The minimum absolute atomic E-state index is 0.113. The fraction of sp³-hybridized carbons (Fsp3) is 0.429. The van der Waals surface area contributed by atoms with Gasteiger partial charge in [-0.2, -0.15) is 0 Å². The number of rotatable bonds is 2. The van der Waals surface area contributed by atoms with Gasteiger partial charge in [0.25, 0.3) is 0 Å². The highest BCUT2D eigenvalue weighted by molar-refractivity contribution is 6.08. The molecule has 4 rings (SSSR count). The molecule has 0 bridgehead atoms. The molecule has 3 heterocycles. The molecular formula is C21H26N4O2. The van der Waals surface area contributed by atoms with E-state index in [1.165, 1.54) is 0 Å². The van der Waals surface area contributed by atoms with E-state index < -0.39 is 5.60 Å². The first-order valence-corrected chi connectivity index (χ1v) is 9.40. The number of hydrogen-bond acceptors (Lipinski definition) is 4. The smallest absolute Gasteiger partial charge is 0.410 e. The van der Waals surface area contributed by atoms with Crippen LogP contribution in [0.15, 0.2) is 36.5 Å². The fourth-order valence-electron chi connectivity index (χ4n) is 3.71. The summed E-state index contributed by atoms with van der Waals surface area (Å²) in [5.74, 6) is 0.977. The second-order valence-corrected chi connectivity index (χ2v) is 8.20. The molecule has 0 saturated carbocycles. The molecule has 1 amide bonds. The van der Waals surface area contributed by atoms with Crippen LogP contribution < -0.4 is 4.90 Å². The van der Waals surface area contributed by atoms with Gasteiger partial charge in [0, 0.05) is 37.1 Å². The second-order valence-electron chi connectivity index (χ2n) is 8.20. The van der Waals surface area contributed by atoms with Crippen LogP contribution in [0.1, 0.15) is 27.2 Å². The molecule has 1 saturated heterocycles. The van der Waals surface area contributed by atoms with Gasteiger partial charge in [0.05, 0.1) is 17.1 Å². The number of amides is 1. The van der Waals surface area contributed by atoms with E-state index in [2.05, 4.69) is 22.0 Å². The van der Waals surface area contributed by atoms with Gasteiger partial charge < -0.3 is 19.5 Å². The number of nitrogens with one attached hydrogen (secondary N) is 1. The summed E-state index contributed by atoms with van der Waals surface area (Å²) in [6, 6.07) is 10.4. The van der Waals surface area contributed by atoms with Crippen LogP contribution in [-0.2, 0) is 4.74 Å². The lowest BCUT2D eigenvalue weighted by atomic mass is 10.1. The zero-order valence-corrected chi connectivity index (χ0v) is 16.3. The first kappa shape index (κ1) is 17.6. The van der Waals surface area contributed by atoms with Crippen LogP contribution in [-0.4, -0.2) is 52.7 Å². The van der Waals surface area contributed by atoms with E-state index in [1.807, 2.05) is 52.2 Å². The summed E-state index contributed by atoms with van der Waals surface area (Å²) < 4.78 is 5.52. The average molecular weight is 366 g/mol. The van der Waals surface area contributed by atoms with Crippen molar-refractivity contribution in [2.24, 2.45) is 0 Å². The van der Waals surface area contributed by atoms with E-state index >= 15 is 0 Å². The Bertz CT molecular complexity index is 989. The lowest BCUT2D eigenvalue weighted by Gasteiger charge is -2.28. The number of H-pyrrole nitrogens is 1. The third-order valence-electron chi connectivity index (χ3n) is 5.08. The molecule has 1 aliphatic rings. The Labute approximate surface area is 159 Å². The monoisotopic (exact) mass is 366 g/mol. The molecule has 1 atom stereocenters. The molecule has 1 unspecified atom stereocenters. The number of hydrogen-bond donors (Lipinski definition) is 1. The molecule has 1 aliphatic heterocycles. The van der Waals surface area contributed by atoms with Gasteiger partial charge in [-0.3, -0.25) is 0 Å². The molecule has 6 heteroatoms. The van der Waals surface area contributed by atoms with Crippen LogP contribution in [0.25, 0.3) is 21.8 Å². The van der Waals surface area contributed by atoms with Crippen LogP contribution in [0.3, 0.4) is 0 Å². The van der Waals surface area contributed by atoms with E-state index in [0.717, 1.165) is 47.1 Å². The molecule has 27 heavy (non-hydrogen) atoms. The summed E-state index contributed by atoms with van der Waals surface area (Å²) in [4.78, 5) is 24.7. The van der Waals surface area contributed by atoms with E-state index in [0.29, 0.717) is 0 Å². The van der Waals surface area contributed by atoms with Crippen molar-refractivity contribution in [3.05, 3.63) is 36.5 Å². The van der Waals surface area contributed by atoms with E-state index in [1.54, 1.807) is 4.90 Å². The maximum atomic E-state index is 12.4. The molecule has 1 fully saturated rings. The van der Waals surface area contributed by atoms with Crippen molar-refractivity contribution in [3.63, 3.8) is 0 Å². The summed E-state index contributed by atoms with van der Waals surface area (Å²) in [5, 5.41) is 2.25. The van der Waals surface area contributed by atoms with Crippen molar-refractivity contribution in [2.45, 2.75) is 38.8 Å². The number of aromatic nitrogens is 2. The fourth-order valence-corrected chi connectivity index (χ4v) is 3.71. The van der Waals surface area contributed by atoms with Gasteiger partial charge in [0.1, 0.15) is 11.4 Å². The van der Waals surface area contributed by atoms with E-state index in [9.17, 15) is 4.79 Å². The Morgan fingerprint density at radius 3 is 2.81 bits per heavy atom. The number of ether oxygens (including phenoxy) is 1. The number of benzene rings is 1. The number of para-hydroxylation sites is 1. The van der Waals surface area contributed by atoms with Crippen LogP contribution in [0.2, 0.25) is 0 Å². The van der Waals surface area contributed by atoms with Crippen molar-refractivity contribution in [2.75, 3.05) is 25.0 Å². The van der Waals surface area contributed by atoms with Gasteiger partial charge in [-0.15, -0.1) is 0 Å². The number of carbonyl (C=O) groups is 1. The topological polar surface area (TPSA) is 61.5 Å². The number of carbonyl (C=O) groups excluding carboxylic acids is 1. The molecule has 142 valence electrons. The van der Waals surface area contributed by atoms with Gasteiger partial charge >= 0.3 is 6.09 Å². The third-order valence-corrected chi connectivity index (χ3v) is 5.08. The lowest BCUT2D eigenvalue weighted by Crippen LogP contribution is -2.42. The molecule has 0 aliphatic carbocycles. The zero-order valence-electron chi connectivity index (χ0n) is 16.3. The third kappa shape index (κ3) is 3.31. The van der Waals surface area contributed by atoms with Crippen LogP contribution >= 0.6 is 0 Å². The number of nitrogens with zero attached hydrogens (tertiary/aromatic N) is 3. The molecule has 1 aromatic carbocycles. The predicted molar refractivity (Wildman–Crippen MR) is 108 cm³/mol. The maximum absolute atomic E-state index is 12.4. The van der Waals surface area contributed by atoms with Crippen LogP contribution in [0.4, 0.5) is 10.6 Å². The Morgan fingerprint density at radius 1 is 1.26 bits per heavy atom. The van der Waals surface area contributed by atoms with E-state index in [4.69, 9.17) is 9.72 Å². The summed E-state index contributed by atoms with van der Waals surface area (Å²) >= 11 is 0. The highest BCUT2D eigenvalue weighted by atomic mass is 16.6. The molecule has 6 nitrogen and oxygen atoms in total. The minimum atomic E-state index is -0.485. The highest BCUT2D eigenvalue weighted by Gasteiger charge is 2.32. The number of pyridine rings is 1. The van der Waals surface area contributed by atoms with Crippen molar-refractivity contribution in [3.8, 4) is 0 Å². The normalized spacial score (nSPS) is 17.6. The van der Waals surface area contributed by atoms with Crippen molar-refractivity contribution >= 4 is 33.7 Å². The molecule has 0 spiro atoms. The SMILES string of the molecule is CN(C(=O)OC(C)(C)C)C1CCN(c2nc3ccccc3c3[nH]ccc23)C1. The largest absolute Gasteiger partial charge is 0.444 e. The summed E-state index contributed by atoms with van der Waals surface area (Å²) in [6.45, 7) is 7.29. The Balaban J connectivity index is 1.60. The van der Waals surface area contributed by atoms with Crippen molar-refractivity contribution in [1.82, 2.24) is 14.9 Å². The summed E-state index contributed by atoms with van der Waals surface area (Å²) in [7, 11) is 1.82. The Morgan fingerprint density at radius 2 is 2.04 bits per heavy atom. The van der Waals surface area contributed by atoms with Crippen molar-refractivity contribution < 1.29 is 9.53 Å². The Kier molecular flexibility index (Phi) is 4.21. The first-order valence-electron chi connectivity index (χ1n) is 9.40. The van der Waals surface area contributed by atoms with Gasteiger partial charge in [-0.05, 0) is 39.3 Å². The van der Waals surface area contributed by atoms with Crippen LogP contribution in [0, 0.1) is 0 Å². The lowest BCUT2D eigenvalue weighted by molar-refractivity contribution is 0.0238. The average Bonchev–Trinajstić information content (AvgIpc) is 3.28. The van der Waals surface area contributed by atoms with Gasteiger partial charge in [0.2, 0.25) is 0 Å². The quantitative estimate of drug-likeness (QED) is 0.740. The van der Waals surface area contributed by atoms with Gasteiger partial charge in [0.15, 0.2) is 0 Å². The number of likely N-dealkylation sites (N-methyl/N-ethyl adjacent to an activating group) is 1. The zero-order chi connectivity index (χ0) is 19.2. The molecular weight excluding hydrogens is 340 g/mol. The van der Waals surface area contributed by atoms with Crippen LogP contribution in [0.5, 0.6) is 0 Å². The predicted octanol–water partition coefficient (Wildman–Crippen LogP) is 4.16. The highest BCUT2D eigenvalue weighted by Crippen LogP contribution is 2.33. The molecule has 2 aromatic heterocycles. The summed E-state index contributed by atoms with van der Waals surface area (Å²) in [5.41, 5.74) is 1.60. The first-order chi connectivity index (χ1) is 12.8. The molecule has 0 radical (unpaired) electrons. The Hall–Kier alpha value is -2.76. The minimum Gasteiger partial charge on any atom is -0.444 e. The van der Waals surface area contributed by atoms with Gasteiger partial charge in [-0.25, -0.2) is 9.78 Å². The number of anilines is 1.